The number of esters is 1. The van der Waals surface area contributed by atoms with Gasteiger partial charge < -0.3 is 9.64 Å². The third-order valence-electron chi connectivity index (χ3n) is 10.9. The molecule has 0 amide bonds. The number of likely N-dealkylation sites (tertiary alicyclic amines) is 1. The van der Waals surface area contributed by atoms with Crippen LogP contribution in [0, 0.1) is 34.5 Å². The number of fused-ring (bicyclic) bond motifs is 5. The van der Waals surface area contributed by atoms with Gasteiger partial charge in [-0.2, -0.15) is 0 Å². The Morgan fingerprint density at radius 2 is 1.83 bits per heavy atom. The van der Waals surface area contributed by atoms with E-state index in [2.05, 4.69) is 61.3 Å². The first-order chi connectivity index (χ1) is 16.9. The lowest BCUT2D eigenvalue weighted by Crippen LogP contribution is -2.50. The molecule has 3 fully saturated rings. The van der Waals surface area contributed by atoms with Gasteiger partial charge in [-0.05, 0) is 117 Å². The highest BCUT2D eigenvalue weighted by Gasteiger charge is 2.57. The Labute approximate surface area is 211 Å². The van der Waals surface area contributed by atoms with Crippen LogP contribution in [-0.4, -0.2) is 42.1 Å². The lowest BCUT2D eigenvalue weighted by atomic mass is 9.47. The van der Waals surface area contributed by atoms with E-state index in [-0.39, 0.29) is 28.8 Å². The van der Waals surface area contributed by atoms with E-state index in [0.717, 1.165) is 62.9 Å². The van der Waals surface area contributed by atoms with Gasteiger partial charge in [-0.15, -0.1) is 0 Å². The van der Waals surface area contributed by atoms with Crippen molar-refractivity contribution in [1.82, 2.24) is 9.88 Å². The number of hydrogen-bond acceptors (Lipinski definition) is 4. The molecular formula is C31H42N2O2. The van der Waals surface area contributed by atoms with Gasteiger partial charge in [0.15, 0.2) is 0 Å². The largest absolute Gasteiger partial charge is 0.462 e. The summed E-state index contributed by atoms with van der Waals surface area (Å²) in [5.74, 6) is 2.41. The first kappa shape index (κ1) is 23.5. The van der Waals surface area contributed by atoms with Gasteiger partial charge in [-0.3, -0.25) is 9.78 Å². The first-order valence-corrected chi connectivity index (χ1v) is 14.1. The van der Waals surface area contributed by atoms with E-state index in [9.17, 15) is 4.79 Å². The van der Waals surface area contributed by atoms with E-state index >= 15 is 0 Å². The molecule has 35 heavy (non-hydrogen) atoms. The van der Waals surface area contributed by atoms with Crippen LogP contribution in [0.5, 0.6) is 0 Å². The van der Waals surface area contributed by atoms with Crippen molar-refractivity contribution in [2.75, 3.05) is 20.1 Å². The third-order valence-corrected chi connectivity index (χ3v) is 10.9. The number of hydrogen-bond donors (Lipinski definition) is 0. The van der Waals surface area contributed by atoms with Crippen LogP contribution in [0.2, 0.25) is 0 Å². The summed E-state index contributed by atoms with van der Waals surface area (Å²) in [6.45, 7) is 7.08. The Hall–Kier alpha value is -1.94. The SMILES string of the molecule is CN1CCC(C(=O)O[C@H]2CC[C@@]3(C)C(=CC[C@@H]4[C@@H]3CC[C@]3(C)C(c5cccnc5)=CC[C@@H]43)C2)CC1. The van der Waals surface area contributed by atoms with Crippen molar-refractivity contribution < 1.29 is 9.53 Å². The van der Waals surface area contributed by atoms with Crippen molar-refractivity contribution >= 4 is 11.5 Å². The summed E-state index contributed by atoms with van der Waals surface area (Å²) in [7, 11) is 2.14. The molecule has 0 unspecified atom stereocenters. The number of carbonyl (C=O) groups is 1. The van der Waals surface area contributed by atoms with Gasteiger partial charge in [0.25, 0.3) is 0 Å². The monoisotopic (exact) mass is 474 g/mol. The Kier molecular flexibility index (Phi) is 5.94. The zero-order valence-electron chi connectivity index (χ0n) is 21.8. The summed E-state index contributed by atoms with van der Waals surface area (Å²) in [5.41, 5.74) is 5.00. The number of aromatic nitrogens is 1. The minimum absolute atomic E-state index is 0.0642. The molecule has 2 heterocycles. The van der Waals surface area contributed by atoms with Crippen LogP contribution in [0.1, 0.15) is 77.2 Å². The van der Waals surface area contributed by atoms with Crippen molar-refractivity contribution in [3.05, 3.63) is 47.8 Å². The Morgan fingerprint density at radius 3 is 2.60 bits per heavy atom. The second kappa shape index (κ2) is 8.87. The van der Waals surface area contributed by atoms with Crippen LogP contribution in [0.15, 0.2) is 42.3 Å². The normalized spacial score (nSPS) is 39.6. The molecule has 4 heteroatoms. The van der Waals surface area contributed by atoms with Crippen molar-refractivity contribution in [3.63, 3.8) is 0 Å². The third kappa shape index (κ3) is 3.91. The summed E-state index contributed by atoms with van der Waals surface area (Å²) >= 11 is 0. The molecule has 0 radical (unpaired) electrons. The van der Waals surface area contributed by atoms with E-state index in [1.54, 1.807) is 11.1 Å². The molecule has 0 bridgehead atoms. The fraction of sp³-hybridized carbons (Fsp3) is 0.677. The smallest absolute Gasteiger partial charge is 0.309 e. The topological polar surface area (TPSA) is 42.4 Å². The molecular weight excluding hydrogens is 432 g/mol. The van der Waals surface area contributed by atoms with Crippen molar-refractivity contribution in [2.24, 2.45) is 34.5 Å². The number of piperidine rings is 1. The maximum Gasteiger partial charge on any atom is 0.309 e. The van der Waals surface area contributed by atoms with Gasteiger partial charge in [-0.1, -0.05) is 37.6 Å². The van der Waals surface area contributed by atoms with Crippen LogP contribution in [0.4, 0.5) is 0 Å². The summed E-state index contributed by atoms with van der Waals surface area (Å²) in [6.07, 6.45) is 19.1. The average molecular weight is 475 g/mol. The molecule has 0 aromatic carbocycles. The molecule has 6 atom stereocenters. The fourth-order valence-electron chi connectivity index (χ4n) is 8.77. The minimum Gasteiger partial charge on any atom is -0.462 e. The molecule has 1 aliphatic heterocycles. The van der Waals surface area contributed by atoms with Crippen molar-refractivity contribution in [3.8, 4) is 0 Å². The maximum atomic E-state index is 12.9. The van der Waals surface area contributed by atoms with Crippen LogP contribution < -0.4 is 0 Å². The molecule has 2 saturated carbocycles. The van der Waals surface area contributed by atoms with Crippen molar-refractivity contribution in [2.45, 2.75) is 77.7 Å². The Morgan fingerprint density at radius 1 is 1.03 bits per heavy atom. The Bertz CT molecular complexity index is 1020. The van der Waals surface area contributed by atoms with Gasteiger partial charge >= 0.3 is 5.97 Å². The van der Waals surface area contributed by atoms with E-state index in [1.807, 2.05) is 6.20 Å². The predicted octanol–water partition coefficient (Wildman–Crippen LogP) is 6.29. The second-order valence-corrected chi connectivity index (χ2v) is 12.7. The van der Waals surface area contributed by atoms with Gasteiger partial charge in [0.05, 0.1) is 5.92 Å². The number of ether oxygens (including phenoxy) is 1. The molecule has 1 saturated heterocycles. The van der Waals surface area contributed by atoms with Gasteiger partial charge in [-0.25, -0.2) is 0 Å². The average Bonchev–Trinajstić information content (AvgIpc) is 3.22. The highest BCUT2D eigenvalue weighted by Crippen LogP contribution is 2.66. The van der Waals surface area contributed by atoms with Gasteiger partial charge in [0.2, 0.25) is 0 Å². The molecule has 0 N–H and O–H groups in total. The van der Waals surface area contributed by atoms with E-state index in [0.29, 0.717) is 0 Å². The summed E-state index contributed by atoms with van der Waals surface area (Å²) < 4.78 is 6.13. The lowest BCUT2D eigenvalue weighted by Gasteiger charge is -2.58. The highest BCUT2D eigenvalue weighted by atomic mass is 16.5. The summed E-state index contributed by atoms with van der Waals surface area (Å²) in [4.78, 5) is 19.6. The number of allylic oxidation sites excluding steroid dienone is 3. The zero-order chi connectivity index (χ0) is 24.2. The fourth-order valence-corrected chi connectivity index (χ4v) is 8.77. The summed E-state index contributed by atoms with van der Waals surface area (Å²) in [6, 6.07) is 4.32. The van der Waals surface area contributed by atoms with E-state index in [4.69, 9.17) is 4.74 Å². The zero-order valence-corrected chi connectivity index (χ0v) is 21.8. The highest BCUT2D eigenvalue weighted by molar-refractivity contribution is 5.73. The molecule has 1 aromatic rings. The second-order valence-electron chi connectivity index (χ2n) is 12.7. The maximum absolute atomic E-state index is 12.9. The number of carbonyl (C=O) groups excluding carboxylic acids is 1. The van der Waals surface area contributed by atoms with Crippen LogP contribution >= 0.6 is 0 Å². The Balaban J connectivity index is 1.15. The van der Waals surface area contributed by atoms with E-state index in [1.165, 1.54) is 31.2 Å². The van der Waals surface area contributed by atoms with Gasteiger partial charge in [0, 0.05) is 18.8 Å². The minimum atomic E-state index is 0.0642. The van der Waals surface area contributed by atoms with E-state index < -0.39 is 0 Å². The quantitative estimate of drug-likeness (QED) is 0.381. The van der Waals surface area contributed by atoms with Crippen LogP contribution in [0.25, 0.3) is 5.57 Å². The summed E-state index contributed by atoms with van der Waals surface area (Å²) in [5, 5.41) is 0. The predicted molar refractivity (Wildman–Crippen MR) is 139 cm³/mol. The number of pyridine rings is 1. The molecule has 1 aromatic heterocycles. The van der Waals surface area contributed by atoms with Gasteiger partial charge in [0.1, 0.15) is 6.10 Å². The standard InChI is InChI=1S/C31H42N2O2/c1-30-14-10-24(35-29(34)21-12-17-33(3)18-13-21)19-23(30)6-7-25-27-9-8-26(22-5-4-16-32-20-22)31(27,2)15-11-28(25)30/h4-6,8,16,20-21,24-25,27-28H,7,9-15,17-19H2,1-3H3/t24-,25-,27-,28-,30-,31+/m0/s1. The van der Waals surface area contributed by atoms with Crippen LogP contribution in [0.3, 0.4) is 0 Å². The molecule has 5 aliphatic rings. The molecule has 4 aliphatic carbocycles. The number of rotatable bonds is 3. The molecule has 0 spiro atoms. The number of nitrogens with zero attached hydrogens (tertiary/aromatic N) is 2. The van der Waals surface area contributed by atoms with Crippen molar-refractivity contribution in [1.29, 1.82) is 0 Å². The molecule has 6 rings (SSSR count). The van der Waals surface area contributed by atoms with Crippen LogP contribution in [-0.2, 0) is 9.53 Å². The molecule has 4 nitrogen and oxygen atoms in total. The first-order valence-electron chi connectivity index (χ1n) is 14.1. The molecule has 188 valence electrons. The lowest BCUT2D eigenvalue weighted by molar-refractivity contribution is -0.157.